The van der Waals surface area contributed by atoms with Gasteiger partial charge in [0, 0.05) is 13.0 Å². The monoisotopic (exact) mass is 803 g/mol. The fourth-order valence-corrected chi connectivity index (χ4v) is 10.5. The van der Waals surface area contributed by atoms with E-state index >= 15 is 0 Å². The van der Waals surface area contributed by atoms with Gasteiger partial charge in [0.2, 0.25) is 5.91 Å². The van der Waals surface area contributed by atoms with Gasteiger partial charge in [0.05, 0.1) is 49.8 Å². The van der Waals surface area contributed by atoms with E-state index in [-0.39, 0.29) is 213 Å². The van der Waals surface area contributed by atoms with E-state index in [1.165, 1.54) is 0 Å². The third kappa shape index (κ3) is 16.0. The van der Waals surface area contributed by atoms with Gasteiger partial charge in [-0.2, -0.15) is 0 Å². The summed E-state index contributed by atoms with van der Waals surface area (Å²) >= 11 is 0. The zero-order valence-corrected chi connectivity index (χ0v) is 42.7. The number of aliphatic hydroxyl groups is 3. The number of nitrogens with one attached hydrogen (secondary N) is 1. The molecule has 4 aliphatic carbocycles. The molecular formula is C26H44NNa5O14P2S. The van der Waals surface area contributed by atoms with Crippen LogP contribution in [0.1, 0.15) is 78.6 Å². The molecular weight excluding hydrogens is 759 g/mol. The molecule has 0 aromatic heterocycles. The van der Waals surface area contributed by atoms with E-state index in [4.69, 9.17) is 0 Å². The zero-order valence-electron chi connectivity index (χ0n) is 30.1. The van der Waals surface area contributed by atoms with Gasteiger partial charge >= 0.3 is 148 Å². The summed E-state index contributed by atoms with van der Waals surface area (Å²) in [5.41, 5.74) is -0.267. The van der Waals surface area contributed by atoms with Crippen LogP contribution in [0, 0.1) is 46.3 Å². The van der Waals surface area contributed by atoms with Crippen molar-refractivity contribution in [2.45, 2.75) is 96.9 Å². The van der Waals surface area contributed by atoms with Gasteiger partial charge in [-0.25, -0.2) is 8.42 Å². The molecule has 4 fully saturated rings. The summed E-state index contributed by atoms with van der Waals surface area (Å²) in [6.07, 6.45) is 5.58. The summed E-state index contributed by atoms with van der Waals surface area (Å²) in [6, 6.07) is 0. The minimum absolute atomic E-state index is 0. The third-order valence-corrected chi connectivity index (χ3v) is 13.5. The Morgan fingerprint density at radius 2 is 1.47 bits per heavy atom. The summed E-state index contributed by atoms with van der Waals surface area (Å²) in [4.78, 5) is 49.5. The molecule has 0 spiro atoms. The van der Waals surface area contributed by atoms with Crippen molar-refractivity contribution in [1.29, 1.82) is 0 Å². The summed E-state index contributed by atoms with van der Waals surface area (Å²) in [5.74, 6) is 0.522. The number of phosphoric acid groups is 2. The van der Waals surface area contributed by atoms with E-state index in [0.29, 0.717) is 18.8 Å². The molecule has 0 bridgehead atoms. The molecule has 4 saturated carbocycles. The molecule has 11 atom stereocenters. The van der Waals surface area contributed by atoms with Crippen LogP contribution in [0.3, 0.4) is 0 Å². The Morgan fingerprint density at radius 1 is 0.918 bits per heavy atom. The number of carbonyl (C=O) groups excluding carboxylic acids is 1. The Hall–Kier alpha value is 4.52. The molecule has 0 heterocycles. The quantitative estimate of drug-likeness (QED) is 0.0958. The van der Waals surface area contributed by atoms with Crippen molar-refractivity contribution in [3.63, 3.8) is 0 Å². The third-order valence-electron chi connectivity index (χ3n) is 11.2. The van der Waals surface area contributed by atoms with Gasteiger partial charge in [0.1, 0.15) is 0 Å². The van der Waals surface area contributed by atoms with Crippen molar-refractivity contribution in [1.82, 2.24) is 5.32 Å². The summed E-state index contributed by atoms with van der Waals surface area (Å²) in [7, 11) is -15.7. The van der Waals surface area contributed by atoms with Crippen LogP contribution >= 0.6 is 15.6 Å². The predicted molar refractivity (Wildman–Crippen MR) is 146 cm³/mol. The number of hydrogen-bond donors (Lipinski definition) is 4. The van der Waals surface area contributed by atoms with Crippen molar-refractivity contribution in [3.8, 4) is 0 Å². The zero-order chi connectivity index (χ0) is 33.5. The standard InChI is InChI=1S/C26H45NO7S.5Na.H4O7P2/c1-15(4-7-23(31)27-10-11-35(32,33)34)18-5-6-19-24-20(14-22(30)26(18,19)3)25(2)9-8-17(28)12-16(25)13-21(24)29;;;;;;1-8(2,3)7-9(4,5)6/h15-22,24,28-30H,4-14H2,1-3H3,(H,27,31)(H,32,33,34);;;;;;(H2,1,2,3)(H2,4,5,6)/q;5*+1;/p-5/t15-,16?,17-,18-,19?,20?,21-,22+,24?,25+,26-;;;;;;/m1....../s1. The van der Waals surface area contributed by atoms with Gasteiger partial charge in [-0.3, -0.25) is 4.79 Å². The van der Waals surface area contributed by atoms with Crippen LogP contribution in [0.5, 0.6) is 0 Å². The van der Waals surface area contributed by atoms with E-state index < -0.39 is 43.7 Å². The van der Waals surface area contributed by atoms with Crippen molar-refractivity contribution >= 4 is 31.7 Å². The second kappa shape index (κ2) is 23.2. The Balaban J connectivity index is -0.00000134. The van der Waals surface area contributed by atoms with Gasteiger partial charge < -0.3 is 58.2 Å². The first kappa shape index (κ1) is 57.8. The molecule has 0 radical (unpaired) electrons. The Kier molecular flexibility index (Phi) is 27.4. The SMILES string of the molecule is C[C@H](CCC(=O)NCCS(=O)(=O)[O-])[C@H]1CCC2C3C(C[C@H](O)[C@@]21C)[C@@]1(C)CC[C@@H](O)CC1C[C@H]3O.O=P([O-])([O-])OP(=O)([O-])[O-].[Na+].[Na+].[Na+].[Na+].[Na+]. The van der Waals surface area contributed by atoms with Gasteiger partial charge in [-0.15, -0.1) is 0 Å². The average molecular weight is 804 g/mol. The van der Waals surface area contributed by atoms with Crippen molar-refractivity contribution in [2.75, 3.05) is 12.3 Å². The smallest absolute Gasteiger partial charge is 0.790 e. The first-order valence-electron chi connectivity index (χ1n) is 15.0. The van der Waals surface area contributed by atoms with Crippen LogP contribution < -0.4 is 173 Å². The molecule has 23 heteroatoms. The number of carbonyl (C=O) groups is 1. The molecule has 0 aromatic carbocycles. The topological polar surface area (TPSA) is 283 Å². The molecule has 49 heavy (non-hydrogen) atoms. The van der Waals surface area contributed by atoms with Gasteiger partial charge in [0.15, 0.2) is 0 Å². The van der Waals surface area contributed by atoms with Crippen molar-refractivity contribution in [2.24, 2.45) is 46.3 Å². The number of hydrogen-bond acceptors (Lipinski definition) is 14. The first-order chi connectivity index (χ1) is 20.0. The fourth-order valence-electron chi connectivity index (χ4n) is 9.22. The van der Waals surface area contributed by atoms with E-state index in [1.54, 1.807) is 0 Å². The van der Waals surface area contributed by atoms with Gasteiger partial charge in [-0.05, 0) is 97.7 Å². The number of aliphatic hydroxyl groups excluding tert-OH is 3. The maximum absolute atomic E-state index is 12.2. The largest absolute Gasteiger partial charge is 1.00 e. The Morgan fingerprint density at radius 3 is 1.96 bits per heavy atom. The van der Waals surface area contributed by atoms with Crippen molar-refractivity contribution < 1.29 is 214 Å². The minimum atomic E-state index is -5.68. The summed E-state index contributed by atoms with van der Waals surface area (Å²) < 4.78 is 53.4. The molecule has 15 nitrogen and oxygen atoms in total. The Bertz CT molecular complexity index is 1230. The second-order valence-corrected chi connectivity index (χ2v) is 17.6. The van der Waals surface area contributed by atoms with Gasteiger partial charge in [0.25, 0.3) is 0 Å². The van der Waals surface area contributed by atoms with E-state index in [1.807, 2.05) is 0 Å². The van der Waals surface area contributed by atoms with Crippen LogP contribution in [-0.4, -0.2) is 64.8 Å². The molecule has 4 aliphatic rings. The number of fused-ring (bicyclic) bond motifs is 5. The molecule has 4 rings (SSSR count). The van der Waals surface area contributed by atoms with Crippen molar-refractivity contribution in [3.05, 3.63) is 0 Å². The van der Waals surface area contributed by atoms with E-state index in [2.05, 4.69) is 30.4 Å². The molecule has 0 aromatic rings. The van der Waals surface area contributed by atoms with E-state index in [9.17, 15) is 61.8 Å². The number of rotatable bonds is 9. The van der Waals surface area contributed by atoms with Crippen LogP contribution in [0.4, 0.5) is 0 Å². The van der Waals surface area contributed by atoms with Gasteiger partial charge in [-0.1, -0.05) is 20.8 Å². The summed E-state index contributed by atoms with van der Waals surface area (Å²) in [6.45, 7) is 6.48. The molecule has 0 aliphatic heterocycles. The van der Waals surface area contributed by atoms with Crippen LogP contribution in [0.15, 0.2) is 0 Å². The maximum Gasteiger partial charge on any atom is 1.00 e. The fraction of sp³-hybridized carbons (Fsp3) is 0.962. The van der Waals surface area contributed by atoms with Crippen LogP contribution in [0.2, 0.25) is 0 Å². The molecule has 4 N–H and O–H groups in total. The molecule has 4 unspecified atom stereocenters. The average Bonchev–Trinajstić information content (AvgIpc) is 3.20. The second-order valence-electron chi connectivity index (χ2n) is 13.6. The van der Waals surface area contributed by atoms with Crippen LogP contribution in [0.25, 0.3) is 0 Å². The van der Waals surface area contributed by atoms with E-state index in [0.717, 1.165) is 38.5 Å². The Labute approximate surface area is 400 Å². The normalized spacial score (nSPS) is 35.6. The first-order valence-corrected chi connectivity index (χ1v) is 19.5. The molecule has 0 saturated heterocycles. The van der Waals surface area contributed by atoms with Crippen LogP contribution in [-0.2, 0) is 28.4 Å². The minimum Gasteiger partial charge on any atom is -0.790 e. The predicted octanol–water partition coefficient (Wildman–Crippen LogP) is -16.3. The maximum atomic E-state index is 12.2. The molecule has 1 amide bonds. The molecule has 258 valence electrons. The number of amides is 1. The summed E-state index contributed by atoms with van der Waals surface area (Å²) in [5, 5.41) is 35.7.